The Balaban J connectivity index is 0.00000256. The van der Waals surface area contributed by atoms with Crippen molar-refractivity contribution in [2.75, 3.05) is 7.11 Å². The average Bonchev–Trinajstić information content (AvgIpc) is 2.26. The van der Waals surface area contributed by atoms with Gasteiger partial charge in [0.1, 0.15) is 5.75 Å². The Kier molecular flexibility index (Phi) is 5.51. The van der Waals surface area contributed by atoms with Crippen LogP contribution in [0.4, 0.5) is 13.2 Å². The highest BCUT2D eigenvalue weighted by molar-refractivity contribution is 5.85. The van der Waals surface area contributed by atoms with Gasteiger partial charge < -0.3 is 10.5 Å². The van der Waals surface area contributed by atoms with Gasteiger partial charge in [-0.25, -0.2) is 0 Å². The first-order valence-electron chi connectivity index (χ1n) is 4.52. The van der Waals surface area contributed by atoms with E-state index in [1.54, 1.807) is 0 Å². The molecule has 0 aliphatic carbocycles. The molecular weight excluding hydrogens is 255 g/mol. The van der Waals surface area contributed by atoms with E-state index in [0.29, 0.717) is 5.56 Å². The summed E-state index contributed by atoms with van der Waals surface area (Å²) in [5.74, 6) is 0.127. The fourth-order valence-corrected chi connectivity index (χ4v) is 1.23. The van der Waals surface area contributed by atoms with Crippen LogP contribution in [-0.2, 0) is 6.18 Å². The number of hydrogen-bond donors (Lipinski definition) is 1. The molecule has 96 valence electrons. The molecule has 0 radical (unpaired) electrons. The van der Waals surface area contributed by atoms with E-state index in [1.807, 2.05) is 0 Å². The molecule has 0 heterocycles. The molecule has 17 heavy (non-hydrogen) atoms. The van der Waals surface area contributed by atoms with E-state index in [9.17, 15) is 13.2 Å². The number of ether oxygens (including phenoxy) is 1. The molecule has 0 saturated heterocycles. The van der Waals surface area contributed by atoms with Gasteiger partial charge in [0, 0.05) is 6.04 Å². The molecule has 0 bridgehead atoms. The molecule has 1 rings (SSSR count). The summed E-state index contributed by atoms with van der Waals surface area (Å²) in [6.45, 7) is 3.44. The van der Waals surface area contributed by atoms with Crippen molar-refractivity contribution in [2.45, 2.75) is 12.2 Å². The minimum atomic E-state index is -4.41. The molecule has 0 amide bonds. The summed E-state index contributed by atoms with van der Waals surface area (Å²) in [5, 5.41) is 0. The fraction of sp³-hybridized carbons (Fsp3) is 0.273. The zero-order valence-corrected chi connectivity index (χ0v) is 9.94. The quantitative estimate of drug-likeness (QED) is 0.853. The maximum absolute atomic E-state index is 12.5. The third kappa shape index (κ3) is 3.94. The van der Waals surface area contributed by atoms with Gasteiger partial charge in [-0.05, 0) is 23.8 Å². The Labute approximate surface area is 104 Å². The first-order chi connectivity index (χ1) is 7.38. The molecule has 0 aliphatic heterocycles. The van der Waals surface area contributed by atoms with Crippen LogP contribution in [0.3, 0.4) is 0 Å². The van der Waals surface area contributed by atoms with Crippen molar-refractivity contribution in [2.24, 2.45) is 5.73 Å². The molecule has 0 aromatic heterocycles. The lowest BCUT2D eigenvalue weighted by Crippen LogP contribution is -2.11. The second kappa shape index (κ2) is 5.93. The molecule has 6 heteroatoms. The van der Waals surface area contributed by atoms with Gasteiger partial charge in [-0.15, -0.1) is 19.0 Å². The number of nitrogens with two attached hydrogens (primary N) is 1. The van der Waals surface area contributed by atoms with E-state index < -0.39 is 17.8 Å². The summed E-state index contributed by atoms with van der Waals surface area (Å²) in [6, 6.07) is 2.74. The van der Waals surface area contributed by atoms with Crippen LogP contribution in [0.15, 0.2) is 30.9 Å². The molecule has 0 spiro atoms. The molecule has 0 saturated carbocycles. The van der Waals surface area contributed by atoms with Crippen molar-refractivity contribution in [1.29, 1.82) is 0 Å². The largest absolute Gasteiger partial charge is 0.497 e. The van der Waals surface area contributed by atoms with E-state index in [4.69, 9.17) is 10.5 Å². The minimum Gasteiger partial charge on any atom is -0.497 e. The van der Waals surface area contributed by atoms with Crippen molar-refractivity contribution in [3.05, 3.63) is 42.0 Å². The van der Waals surface area contributed by atoms with Crippen LogP contribution >= 0.6 is 12.4 Å². The van der Waals surface area contributed by atoms with Gasteiger partial charge in [0.05, 0.1) is 12.7 Å². The van der Waals surface area contributed by atoms with Crippen molar-refractivity contribution >= 4 is 12.4 Å². The Morgan fingerprint density at radius 2 is 1.94 bits per heavy atom. The topological polar surface area (TPSA) is 35.2 Å². The van der Waals surface area contributed by atoms with E-state index in [2.05, 4.69) is 6.58 Å². The van der Waals surface area contributed by atoms with Gasteiger partial charge in [0.15, 0.2) is 0 Å². The Morgan fingerprint density at radius 3 is 2.35 bits per heavy atom. The first-order valence-corrected chi connectivity index (χ1v) is 4.52. The van der Waals surface area contributed by atoms with Crippen molar-refractivity contribution in [3.8, 4) is 5.75 Å². The highest BCUT2D eigenvalue weighted by atomic mass is 35.5. The zero-order valence-electron chi connectivity index (χ0n) is 9.12. The van der Waals surface area contributed by atoms with Crippen molar-refractivity contribution in [1.82, 2.24) is 0 Å². The third-order valence-electron chi connectivity index (χ3n) is 2.13. The van der Waals surface area contributed by atoms with E-state index in [-0.39, 0.29) is 18.2 Å². The highest BCUT2D eigenvalue weighted by Gasteiger charge is 2.31. The maximum Gasteiger partial charge on any atom is 0.416 e. The van der Waals surface area contributed by atoms with Crippen molar-refractivity contribution < 1.29 is 17.9 Å². The van der Waals surface area contributed by atoms with Crippen LogP contribution in [0.2, 0.25) is 0 Å². The van der Waals surface area contributed by atoms with Gasteiger partial charge in [-0.1, -0.05) is 6.08 Å². The maximum atomic E-state index is 12.5. The molecule has 0 aliphatic rings. The minimum absolute atomic E-state index is 0. The van der Waals surface area contributed by atoms with Gasteiger partial charge in [0.2, 0.25) is 0 Å². The van der Waals surface area contributed by atoms with Gasteiger partial charge >= 0.3 is 6.18 Å². The zero-order chi connectivity index (χ0) is 12.3. The summed E-state index contributed by atoms with van der Waals surface area (Å²) < 4.78 is 42.4. The number of rotatable bonds is 3. The second-order valence-electron chi connectivity index (χ2n) is 3.25. The lowest BCUT2D eigenvalue weighted by Gasteiger charge is -2.13. The molecule has 2 nitrogen and oxygen atoms in total. The van der Waals surface area contributed by atoms with Gasteiger partial charge in [0.25, 0.3) is 0 Å². The summed E-state index contributed by atoms with van der Waals surface area (Å²) in [6.07, 6.45) is -3.04. The SMILES string of the molecule is C=C[C@@H](N)c1cc(OC)cc(C(F)(F)F)c1.Cl. The van der Waals surface area contributed by atoms with Crippen LogP contribution in [-0.4, -0.2) is 7.11 Å². The Bertz CT molecular complexity index is 393. The monoisotopic (exact) mass is 267 g/mol. The van der Waals surface area contributed by atoms with E-state index >= 15 is 0 Å². The van der Waals surface area contributed by atoms with Gasteiger partial charge in [-0.2, -0.15) is 13.2 Å². The third-order valence-corrected chi connectivity index (χ3v) is 2.13. The number of alkyl halides is 3. The summed E-state index contributed by atoms with van der Waals surface area (Å²) in [7, 11) is 1.30. The van der Waals surface area contributed by atoms with Crippen LogP contribution < -0.4 is 10.5 Å². The fourth-order valence-electron chi connectivity index (χ4n) is 1.23. The van der Waals surface area contributed by atoms with Gasteiger partial charge in [-0.3, -0.25) is 0 Å². The molecule has 1 aromatic carbocycles. The average molecular weight is 268 g/mol. The van der Waals surface area contributed by atoms with Crippen LogP contribution in [0.5, 0.6) is 5.75 Å². The number of hydrogen-bond acceptors (Lipinski definition) is 2. The number of benzene rings is 1. The molecule has 2 N–H and O–H groups in total. The van der Waals surface area contributed by atoms with Crippen LogP contribution in [0, 0.1) is 0 Å². The number of methoxy groups -OCH3 is 1. The molecule has 0 fully saturated rings. The highest BCUT2D eigenvalue weighted by Crippen LogP contribution is 2.33. The normalized spacial score (nSPS) is 12.5. The number of halogens is 4. The second-order valence-corrected chi connectivity index (χ2v) is 3.25. The lowest BCUT2D eigenvalue weighted by atomic mass is 10.0. The lowest BCUT2D eigenvalue weighted by molar-refractivity contribution is -0.137. The van der Waals surface area contributed by atoms with Crippen LogP contribution in [0.1, 0.15) is 17.2 Å². The molecule has 1 aromatic rings. The van der Waals surface area contributed by atoms with E-state index in [1.165, 1.54) is 19.3 Å². The summed E-state index contributed by atoms with van der Waals surface area (Å²) in [5.41, 5.74) is 5.13. The van der Waals surface area contributed by atoms with Crippen LogP contribution in [0.25, 0.3) is 0 Å². The van der Waals surface area contributed by atoms with E-state index in [0.717, 1.165) is 12.1 Å². The molecule has 0 unspecified atom stereocenters. The Morgan fingerprint density at radius 1 is 1.35 bits per heavy atom. The summed E-state index contributed by atoms with van der Waals surface area (Å²) >= 11 is 0. The molecular formula is C11H13ClF3NO. The predicted molar refractivity (Wildman–Crippen MR) is 62.4 cm³/mol. The van der Waals surface area contributed by atoms with Crippen molar-refractivity contribution in [3.63, 3.8) is 0 Å². The smallest absolute Gasteiger partial charge is 0.416 e. The first kappa shape index (κ1) is 15.8. The molecule has 1 atom stereocenters. The predicted octanol–water partition coefficient (Wildman–Crippen LogP) is 3.32. The standard InChI is InChI=1S/C11H12F3NO.ClH/c1-3-10(15)7-4-8(11(12,13)14)6-9(5-7)16-2;/h3-6,10H,1,15H2,2H3;1H/t10-;/m1./s1. The Hall–Kier alpha value is -1.20. The summed E-state index contributed by atoms with van der Waals surface area (Å²) in [4.78, 5) is 0.